The van der Waals surface area contributed by atoms with E-state index in [4.69, 9.17) is 4.74 Å². The fourth-order valence-corrected chi connectivity index (χ4v) is 1.21. The summed E-state index contributed by atoms with van der Waals surface area (Å²) in [7, 11) is 0. The SMILES string of the molecule is CC(C)Oc1ccc(CNC(C)(C)C)nc1. The summed E-state index contributed by atoms with van der Waals surface area (Å²) in [6, 6.07) is 3.96. The number of nitrogens with one attached hydrogen (secondary N) is 1. The zero-order valence-corrected chi connectivity index (χ0v) is 10.9. The summed E-state index contributed by atoms with van der Waals surface area (Å²) in [5, 5.41) is 3.40. The van der Waals surface area contributed by atoms with Gasteiger partial charge in [-0.05, 0) is 46.8 Å². The third-order valence-corrected chi connectivity index (χ3v) is 1.97. The molecule has 0 fully saturated rings. The van der Waals surface area contributed by atoms with E-state index in [1.165, 1.54) is 0 Å². The summed E-state index contributed by atoms with van der Waals surface area (Å²) in [4.78, 5) is 4.35. The van der Waals surface area contributed by atoms with Crippen molar-refractivity contribution < 1.29 is 4.74 Å². The molecule has 3 nitrogen and oxygen atoms in total. The minimum Gasteiger partial charge on any atom is -0.489 e. The zero-order valence-electron chi connectivity index (χ0n) is 10.9. The Morgan fingerprint density at radius 3 is 2.44 bits per heavy atom. The summed E-state index contributed by atoms with van der Waals surface area (Å²) in [6.45, 7) is 11.2. The highest BCUT2D eigenvalue weighted by Gasteiger charge is 2.08. The molecule has 1 heterocycles. The van der Waals surface area contributed by atoms with Gasteiger partial charge >= 0.3 is 0 Å². The molecule has 1 aromatic rings. The van der Waals surface area contributed by atoms with Gasteiger partial charge < -0.3 is 10.1 Å². The lowest BCUT2D eigenvalue weighted by Gasteiger charge is -2.20. The van der Waals surface area contributed by atoms with Crippen LogP contribution in [-0.4, -0.2) is 16.6 Å². The number of hydrogen-bond acceptors (Lipinski definition) is 3. The Hall–Kier alpha value is -1.09. The van der Waals surface area contributed by atoms with Gasteiger partial charge in [-0.2, -0.15) is 0 Å². The van der Waals surface area contributed by atoms with Crippen molar-refractivity contribution in [2.75, 3.05) is 0 Å². The van der Waals surface area contributed by atoms with Gasteiger partial charge in [0.15, 0.2) is 0 Å². The molecule has 0 bridgehead atoms. The molecule has 0 saturated carbocycles. The van der Waals surface area contributed by atoms with E-state index >= 15 is 0 Å². The normalized spacial score (nSPS) is 11.9. The second-order valence-electron chi connectivity index (χ2n) is 5.26. The highest BCUT2D eigenvalue weighted by molar-refractivity contribution is 5.20. The molecule has 16 heavy (non-hydrogen) atoms. The van der Waals surface area contributed by atoms with E-state index in [2.05, 4.69) is 31.1 Å². The van der Waals surface area contributed by atoms with Gasteiger partial charge in [-0.15, -0.1) is 0 Å². The molecular formula is C13H22N2O. The van der Waals surface area contributed by atoms with Crippen LogP contribution in [0.5, 0.6) is 5.75 Å². The van der Waals surface area contributed by atoms with Crippen molar-refractivity contribution in [2.45, 2.75) is 52.8 Å². The molecule has 0 atom stereocenters. The molecule has 0 aliphatic rings. The van der Waals surface area contributed by atoms with Crippen molar-refractivity contribution in [3.63, 3.8) is 0 Å². The highest BCUT2D eigenvalue weighted by atomic mass is 16.5. The van der Waals surface area contributed by atoms with Crippen LogP contribution in [0.25, 0.3) is 0 Å². The van der Waals surface area contributed by atoms with Crippen molar-refractivity contribution >= 4 is 0 Å². The summed E-state index contributed by atoms with van der Waals surface area (Å²) in [5.41, 5.74) is 1.15. The van der Waals surface area contributed by atoms with Crippen LogP contribution < -0.4 is 10.1 Å². The molecule has 0 spiro atoms. The first kappa shape index (κ1) is 13.0. The molecule has 90 valence electrons. The number of hydrogen-bond donors (Lipinski definition) is 1. The molecule has 0 unspecified atom stereocenters. The minimum absolute atomic E-state index is 0.120. The molecule has 0 aromatic carbocycles. The van der Waals surface area contributed by atoms with E-state index in [0.717, 1.165) is 18.0 Å². The Labute approximate surface area is 98.2 Å². The van der Waals surface area contributed by atoms with E-state index in [1.807, 2.05) is 26.0 Å². The van der Waals surface area contributed by atoms with Crippen molar-refractivity contribution in [3.05, 3.63) is 24.0 Å². The van der Waals surface area contributed by atoms with Crippen LogP contribution in [-0.2, 0) is 6.54 Å². The Balaban J connectivity index is 2.51. The Morgan fingerprint density at radius 2 is 2.00 bits per heavy atom. The van der Waals surface area contributed by atoms with Crippen LogP contribution in [0.2, 0.25) is 0 Å². The van der Waals surface area contributed by atoms with Crippen molar-refractivity contribution in [3.8, 4) is 5.75 Å². The van der Waals surface area contributed by atoms with Crippen LogP contribution in [0, 0.1) is 0 Å². The standard InChI is InChI=1S/C13H22N2O/c1-10(2)16-12-7-6-11(14-9-12)8-15-13(3,4)5/h6-7,9-10,15H,8H2,1-5H3. The van der Waals surface area contributed by atoms with Gasteiger partial charge in [-0.3, -0.25) is 4.98 Å². The number of nitrogens with zero attached hydrogens (tertiary/aromatic N) is 1. The second kappa shape index (κ2) is 5.30. The number of aromatic nitrogens is 1. The van der Waals surface area contributed by atoms with Crippen LogP contribution in [0.1, 0.15) is 40.3 Å². The Bertz CT molecular complexity index is 312. The lowest BCUT2D eigenvalue weighted by atomic mass is 10.1. The molecular weight excluding hydrogens is 200 g/mol. The molecule has 0 saturated heterocycles. The average Bonchev–Trinajstić information content (AvgIpc) is 2.14. The number of pyridine rings is 1. The molecule has 1 aromatic heterocycles. The van der Waals surface area contributed by atoms with Gasteiger partial charge in [-0.1, -0.05) is 0 Å². The summed E-state index contributed by atoms with van der Waals surface area (Å²) >= 11 is 0. The molecule has 0 aliphatic carbocycles. The zero-order chi connectivity index (χ0) is 12.2. The third-order valence-electron chi connectivity index (χ3n) is 1.97. The predicted octanol–water partition coefficient (Wildman–Crippen LogP) is 2.76. The molecule has 0 amide bonds. The van der Waals surface area contributed by atoms with Gasteiger partial charge in [0.1, 0.15) is 5.75 Å². The first-order valence-corrected chi connectivity index (χ1v) is 5.73. The van der Waals surface area contributed by atoms with Crippen LogP contribution >= 0.6 is 0 Å². The molecule has 0 radical (unpaired) electrons. The van der Waals surface area contributed by atoms with Gasteiger partial charge in [0, 0.05) is 12.1 Å². The second-order valence-corrected chi connectivity index (χ2v) is 5.26. The van der Waals surface area contributed by atoms with Gasteiger partial charge in [-0.25, -0.2) is 0 Å². The first-order chi connectivity index (χ1) is 7.37. The Kier molecular flexibility index (Phi) is 4.30. The summed E-state index contributed by atoms with van der Waals surface area (Å²) < 4.78 is 5.53. The summed E-state index contributed by atoms with van der Waals surface area (Å²) in [6.07, 6.45) is 1.97. The first-order valence-electron chi connectivity index (χ1n) is 5.73. The summed E-state index contributed by atoms with van der Waals surface area (Å²) in [5.74, 6) is 0.828. The van der Waals surface area contributed by atoms with Gasteiger partial charge in [0.05, 0.1) is 18.0 Å². The molecule has 3 heteroatoms. The van der Waals surface area contributed by atoms with E-state index in [1.54, 1.807) is 6.20 Å². The Morgan fingerprint density at radius 1 is 1.31 bits per heavy atom. The predicted molar refractivity (Wildman–Crippen MR) is 66.6 cm³/mol. The van der Waals surface area contributed by atoms with E-state index in [9.17, 15) is 0 Å². The fourth-order valence-electron chi connectivity index (χ4n) is 1.21. The lowest BCUT2D eigenvalue weighted by Crippen LogP contribution is -2.35. The third kappa shape index (κ3) is 5.12. The van der Waals surface area contributed by atoms with Crippen molar-refractivity contribution in [1.82, 2.24) is 10.3 Å². The van der Waals surface area contributed by atoms with Crippen LogP contribution in [0.15, 0.2) is 18.3 Å². The quantitative estimate of drug-likeness (QED) is 0.850. The molecule has 0 aliphatic heterocycles. The number of rotatable bonds is 4. The molecule has 1 rings (SSSR count). The highest BCUT2D eigenvalue weighted by Crippen LogP contribution is 2.11. The van der Waals surface area contributed by atoms with Crippen LogP contribution in [0.3, 0.4) is 0 Å². The minimum atomic E-state index is 0.120. The molecule has 1 N–H and O–H groups in total. The van der Waals surface area contributed by atoms with Gasteiger partial charge in [0.2, 0.25) is 0 Å². The van der Waals surface area contributed by atoms with Gasteiger partial charge in [0.25, 0.3) is 0 Å². The number of ether oxygens (including phenoxy) is 1. The van der Waals surface area contributed by atoms with E-state index in [0.29, 0.717) is 0 Å². The lowest BCUT2D eigenvalue weighted by molar-refractivity contribution is 0.241. The maximum Gasteiger partial charge on any atom is 0.137 e. The van der Waals surface area contributed by atoms with E-state index in [-0.39, 0.29) is 11.6 Å². The van der Waals surface area contributed by atoms with Crippen molar-refractivity contribution in [2.24, 2.45) is 0 Å². The maximum absolute atomic E-state index is 5.53. The smallest absolute Gasteiger partial charge is 0.137 e. The van der Waals surface area contributed by atoms with Crippen molar-refractivity contribution in [1.29, 1.82) is 0 Å². The maximum atomic E-state index is 5.53. The van der Waals surface area contributed by atoms with Crippen LogP contribution in [0.4, 0.5) is 0 Å². The largest absolute Gasteiger partial charge is 0.489 e. The average molecular weight is 222 g/mol. The fraction of sp³-hybridized carbons (Fsp3) is 0.615. The van der Waals surface area contributed by atoms with E-state index < -0.39 is 0 Å². The topological polar surface area (TPSA) is 34.1 Å². The monoisotopic (exact) mass is 222 g/mol.